The molecule has 2 aliphatic carbocycles. The molecule has 0 saturated heterocycles. The molecular formula is C23H30N6O2. The van der Waals surface area contributed by atoms with E-state index in [2.05, 4.69) is 27.4 Å². The Morgan fingerprint density at radius 3 is 3.03 bits per heavy atom. The number of carbonyl (C=O) groups is 1. The topological polar surface area (TPSA) is 110 Å². The lowest BCUT2D eigenvalue weighted by molar-refractivity contribution is -0.119. The number of aliphatic hydroxyl groups is 1. The SMILES string of the molecule is Cc1cc2[nH]c(-c3n[nH]c4c3C[C@@H]3C[C@]3(C)C4)nc2cc1N(C)C(=O)[C@H](C)NCCO. The summed E-state index contributed by atoms with van der Waals surface area (Å²) in [7, 11) is 1.78. The van der Waals surface area contributed by atoms with Crippen LogP contribution in [0.2, 0.25) is 0 Å². The number of aromatic nitrogens is 4. The Labute approximate surface area is 181 Å². The molecule has 164 valence electrons. The highest BCUT2D eigenvalue weighted by Crippen LogP contribution is 2.59. The molecule has 8 heteroatoms. The van der Waals surface area contributed by atoms with Gasteiger partial charge in [0.15, 0.2) is 5.82 Å². The second-order valence-corrected chi connectivity index (χ2v) is 9.50. The van der Waals surface area contributed by atoms with Crippen LogP contribution in [-0.2, 0) is 17.6 Å². The van der Waals surface area contributed by atoms with Crippen molar-refractivity contribution < 1.29 is 9.90 Å². The lowest BCUT2D eigenvalue weighted by atomic mass is 9.88. The van der Waals surface area contributed by atoms with Crippen molar-refractivity contribution in [1.29, 1.82) is 0 Å². The number of aromatic amines is 2. The van der Waals surface area contributed by atoms with Gasteiger partial charge in [0.1, 0.15) is 5.69 Å². The van der Waals surface area contributed by atoms with E-state index in [0.29, 0.717) is 12.0 Å². The van der Waals surface area contributed by atoms with Crippen LogP contribution in [0, 0.1) is 18.3 Å². The van der Waals surface area contributed by atoms with E-state index in [4.69, 9.17) is 10.1 Å². The Balaban J connectivity index is 1.45. The summed E-state index contributed by atoms with van der Waals surface area (Å²) in [5.74, 6) is 1.48. The Morgan fingerprint density at radius 2 is 2.26 bits per heavy atom. The summed E-state index contributed by atoms with van der Waals surface area (Å²) in [5, 5.41) is 19.9. The van der Waals surface area contributed by atoms with E-state index in [1.165, 1.54) is 17.7 Å². The molecule has 31 heavy (non-hydrogen) atoms. The van der Waals surface area contributed by atoms with Crippen molar-refractivity contribution in [2.45, 2.75) is 46.1 Å². The summed E-state index contributed by atoms with van der Waals surface area (Å²) in [5.41, 5.74) is 7.49. The van der Waals surface area contributed by atoms with Crippen LogP contribution in [0.25, 0.3) is 22.6 Å². The second kappa shape index (κ2) is 7.17. The predicted octanol–water partition coefficient (Wildman–Crippen LogP) is 2.32. The number of H-pyrrole nitrogens is 2. The van der Waals surface area contributed by atoms with Crippen LogP contribution in [0.1, 0.15) is 37.1 Å². The van der Waals surface area contributed by atoms with Gasteiger partial charge in [-0.2, -0.15) is 5.10 Å². The van der Waals surface area contributed by atoms with Crippen molar-refractivity contribution in [3.8, 4) is 11.5 Å². The van der Waals surface area contributed by atoms with Crippen LogP contribution in [-0.4, -0.2) is 57.4 Å². The molecule has 1 amide bonds. The number of likely N-dealkylation sites (N-methyl/N-ethyl adjacent to an activating group) is 1. The largest absolute Gasteiger partial charge is 0.395 e. The van der Waals surface area contributed by atoms with Gasteiger partial charge in [0.25, 0.3) is 0 Å². The third kappa shape index (κ3) is 3.34. The zero-order valence-electron chi connectivity index (χ0n) is 18.5. The molecule has 8 nitrogen and oxygen atoms in total. The first kappa shape index (κ1) is 20.2. The minimum Gasteiger partial charge on any atom is -0.395 e. The normalized spacial score (nSPS) is 22.8. The van der Waals surface area contributed by atoms with E-state index in [1.807, 2.05) is 19.1 Å². The lowest BCUT2D eigenvalue weighted by Crippen LogP contribution is -2.44. The number of rotatable bonds is 6. The number of aliphatic hydroxyl groups excluding tert-OH is 1. The first-order valence-corrected chi connectivity index (χ1v) is 11.0. The van der Waals surface area contributed by atoms with E-state index in [0.717, 1.165) is 52.6 Å². The van der Waals surface area contributed by atoms with Gasteiger partial charge in [-0.1, -0.05) is 6.92 Å². The quantitative estimate of drug-likeness (QED) is 0.487. The monoisotopic (exact) mass is 422 g/mol. The van der Waals surface area contributed by atoms with Crippen LogP contribution in [0.3, 0.4) is 0 Å². The maximum atomic E-state index is 12.8. The molecule has 1 saturated carbocycles. The smallest absolute Gasteiger partial charge is 0.243 e. The van der Waals surface area contributed by atoms with E-state index in [9.17, 15) is 4.79 Å². The number of anilines is 1. The van der Waals surface area contributed by atoms with Crippen molar-refractivity contribution >= 4 is 22.6 Å². The number of hydrogen-bond acceptors (Lipinski definition) is 5. The molecule has 1 fully saturated rings. The number of amides is 1. The van der Waals surface area contributed by atoms with Crippen LogP contribution < -0.4 is 10.2 Å². The molecule has 0 radical (unpaired) electrons. The summed E-state index contributed by atoms with van der Waals surface area (Å²) in [6.45, 7) is 6.55. The third-order valence-corrected chi connectivity index (χ3v) is 7.17. The van der Waals surface area contributed by atoms with Gasteiger partial charge >= 0.3 is 0 Å². The maximum Gasteiger partial charge on any atom is 0.243 e. The summed E-state index contributed by atoms with van der Waals surface area (Å²) < 4.78 is 0. The van der Waals surface area contributed by atoms with Crippen LogP contribution in [0.15, 0.2) is 12.1 Å². The summed E-state index contributed by atoms with van der Waals surface area (Å²) in [6, 6.07) is 3.61. The molecule has 0 bridgehead atoms. The van der Waals surface area contributed by atoms with Crippen molar-refractivity contribution in [1.82, 2.24) is 25.5 Å². The molecule has 0 spiro atoms. The Kier molecular flexibility index (Phi) is 4.67. The fraction of sp³-hybridized carbons (Fsp3) is 0.522. The zero-order chi connectivity index (χ0) is 21.9. The molecule has 3 atom stereocenters. The fourth-order valence-electron chi connectivity index (χ4n) is 5.06. The van der Waals surface area contributed by atoms with E-state index < -0.39 is 0 Å². The van der Waals surface area contributed by atoms with E-state index >= 15 is 0 Å². The van der Waals surface area contributed by atoms with Gasteiger partial charge in [-0.15, -0.1) is 0 Å². The molecular weight excluding hydrogens is 392 g/mol. The molecule has 5 rings (SSSR count). The standard InChI is InChI=1S/C23H30N6O2/c1-12-7-16-17(9-19(12)29(4)22(31)13(2)24-5-6-30)26-21(25-16)20-15-8-14-10-23(14,3)11-18(15)27-28-20/h7,9,13-14,24,30H,5-6,8,10-11H2,1-4H3,(H,25,26)(H,27,28)/t13-,14+,23+/m0/s1. The molecule has 0 aliphatic heterocycles. The highest BCUT2D eigenvalue weighted by molar-refractivity contribution is 5.99. The molecule has 0 unspecified atom stereocenters. The average Bonchev–Trinajstić information content (AvgIpc) is 3.04. The number of benzene rings is 1. The Morgan fingerprint density at radius 1 is 1.45 bits per heavy atom. The number of aryl methyl sites for hydroxylation is 1. The number of fused-ring (bicyclic) bond motifs is 3. The lowest BCUT2D eigenvalue weighted by Gasteiger charge is -2.23. The number of carbonyl (C=O) groups excluding carboxylic acids is 1. The molecule has 2 aliphatic rings. The average molecular weight is 423 g/mol. The number of nitrogens with zero attached hydrogens (tertiary/aromatic N) is 3. The zero-order valence-corrected chi connectivity index (χ0v) is 18.5. The first-order chi connectivity index (χ1) is 14.8. The molecule has 3 aromatic rings. The van der Waals surface area contributed by atoms with Crippen molar-refractivity contribution in [3.63, 3.8) is 0 Å². The number of hydrogen-bond donors (Lipinski definition) is 4. The van der Waals surface area contributed by atoms with Crippen molar-refractivity contribution in [2.75, 3.05) is 25.1 Å². The van der Waals surface area contributed by atoms with Crippen LogP contribution in [0.5, 0.6) is 0 Å². The van der Waals surface area contributed by atoms with E-state index in [1.54, 1.807) is 18.9 Å². The predicted molar refractivity (Wildman–Crippen MR) is 120 cm³/mol. The van der Waals surface area contributed by atoms with Crippen molar-refractivity contribution in [3.05, 3.63) is 29.0 Å². The van der Waals surface area contributed by atoms with Gasteiger partial charge in [-0.05, 0) is 62.1 Å². The highest BCUT2D eigenvalue weighted by atomic mass is 16.3. The molecule has 4 N–H and O–H groups in total. The van der Waals surface area contributed by atoms with Gasteiger partial charge < -0.3 is 20.3 Å². The molecule has 2 aromatic heterocycles. The molecule has 1 aromatic carbocycles. The van der Waals surface area contributed by atoms with Gasteiger partial charge in [-0.3, -0.25) is 9.89 Å². The Bertz CT molecular complexity index is 1160. The summed E-state index contributed by atoms with van der Waals surface area (Å²) >= 11 is 0. The highest BCUT2D eigenvalue weighted by Gasteiger charge is 2.53. The van der Waals surface area contributed by atoms with Gasteiger partial charge in [-0.25, -0.2) is 4.98 Å². The number of imidazole rings is 1. The minimum atomic E-state index is -0.384. The fourth-order valence-corrected chi connectivity index (χ4v) is 5.06. The second-order valence-electron chi connectivity index (χ2n) is 9.50. The summed E-state index contributed by atoms with van der Waals surface area (Å²) in [4.78, 5) is 22.7. The van der Waals surface area contributed by atoms with Gasteiger partial charge in [0.2, 0.25) is 5.91 Å². The van der Waals surface area contributed by atoms with Crippen LogP contribution >= 0.6 is 0 Å². The van der Waals surface area contributed by atoms with Gasteiger partial charge in [0.05, 0.1) is 23.7 Å². The third-order valence-electron chi connectivity index (χ3n) is 7.17. The van der Waals surface area contributed by atoms with Crippen molar-refractivity contribution in [2.24, 2.45) is 11.3 Å². The van der Waals surface area contributed by atoms with E-state index in [-0.39, 0.29) is 18.6 Å². The Hall–Kier alpha value is -2.71. The first-order valence-electron chi connectivity index (χ1n) is 11.0. The molecule has 2 heterocycles. The number of nitrogens with one attached hydrogen (secondary N) is 3. The summed E-state index contributed by atoms with van der Waals surface area (Å²) in [6.07, 6.45) is 3.43. The maximum absolute atomic E-state index is 12.8. The van der Waals surface area contributed by atoms with Gasteiger partial charge in [0, 0.05) is 30.5 Å². The minimum absolute atomic E-state index is 0.000746. The van der Waals surface area contributed by atoms with Crippen LogP contribution in [0.4, 0.5) is 5.69 Å².